The Morgan fingerprint density at radius 3 is 2.26 bits per heavy atom. The molecule has 0 atom stereocenters. The summed E-state index contributed by atoms with van der Waals surface area (Å²) in [4.78, 5) is 37.1. The Bertz CT molecular complexity index is 593. The zero-order valence-corrected chi connectivity index (χ0v) is 13.3. The molecule has 7 nitrogen and oxygen atoms in total. The first-order valence-electron chi connectivity index (χ1n) is 7.48. The van der Waals surface area contributed by atoms with Crippen LogP contribution in [0.3, 0.4) is 0 Å². The molecule has 1 heterocycles. The highest BCUT2D eigenvalue weighted by atomic mass is 16.3. The third kappa shape index (κ3) is 3.87. The summed E-state index contributed by atoms with van der Waals surface area (Å²) in [5.74, 6) is -0.590. The van der Waals surface area contributed by atoms with Crippen molar-refractivity contribution in [3.63, 3.8) is 0 Å². The van der Waals surface area contributed by atoms with Crippen LogP contribution in [0.5, 0.6) is 0 Å². The van der Waals surface area contributed by atoms with Gasteiger partial charge in [0.25, 0.3) is 11.8 Å². The van der Waals surface area contributed by atoms with Crippen LogP contribution in [-0.2, 0) is 0 Å². The van der Waals surface area contributed by atoms with Gasteiger partial charge in [0, 0.05) is 13.1 Å². The first-order chi connectivity index (χ1) is 10.9. The van der Waals surface area contributed by atoms with Crippen LogP contribution < -0.4 is 10.6 Å². The smallest absolute Gasteiger partial charge is 0.315 e. The van der Waals surface area contributed by atoms with E-state index in [0.717, 1.165) is 0 Å². The van der Waals surface area contributed by atoms with E-state index in [2.05, 4.69) is 10.6 Å². The average molecular weight is 319 g/mol. The molecule has 0 saturated carbocycles. The molecule has 0 spiro atoms. The van der Waals surface area contributed by atoms with Crippen molar-refractivity contribution in [3.8, 4) is 0 Å². The van der Waals surface area contributed by atoms with Crippen LogP contribution in [0.25, 0.3) is 0 Å². The van der Waals surface area contributed by atoms with Gasteiger partial charge < -0.3 is 15.7 Å². The minimum atomic E-state index is -0.702. The van der Waals surface area contributed by atoms with Gasteiger partial charge in [-0.1, -0.05) is 12.1 Å². The molecular formula is C16H21N3O4. The molecule has 1 aliphatic rings. The zero-order valence-electron chi connectivity index (χ0n) is 13.3. The van der Waals surface area contributed by atoms with Gasteiger partial charge in [0.2, 0.25) is 0 Å². The van der Waals surface area contributed by atoms with Crippen molar-refractivity contribution in [2.24, 2.45) is 0 Å². The number of amides is 4. The Morgan fingerprint density at radius 1 is 1.17 bits per heavy atom. The molecule has 2 rings (SSSR count). The molecule has 1 aromatic rings. The minimum absolute atomic E-state index is 0.171. The first-order valence-corrected chi connectivity index (χ1v) is 7.48. The molecule has 0 saturated heterocycles. The Labute approximate surface area is 134 Å². The van der Waals surface area contributed by atoms with Crippen LogP contribution in [0.2, 0.25) is 0 Å². The highest BCUT2D eigenvalue weighted by Crippen LogP contribution is 2.22. The molecular weight excluding hydrogens is 298 g/mol. The van der Waals surface area contributed by atoms with E-state index in [1.165, 1.54) is 4.90 Å². The number of carbonyl (C=O) groups is 3. The average Bonchev–Trinajstić information content (AvgIpc) is 2.76. The predicted molar refractivity (Wildman–Crippen MR) is 84.1 cm³/mol. The molecule has 0 aromatic heterocycles. The van der Waals surface area contributed by atoms with E-state index in [1.54, 1.807) is 38.1 Å². The Morgan fingerprint density at radius 2 is 1.74 bits per heavy atom. The van der Waals surface area contributed by atoms with Crippen LogP contribution in [0.15, 0.2) is 24.3 Å². The van der Waals surface area contributed by atoms with Crippen molar-refractivity contribution in [1.82, 2.24) is 15.5 Å². The lowest BCUT2D eigenvalue weighted by Crippen LogP contribution is -2.50. The minimum Gasteiger partial charge on any atom is -0.394 e. The van der Waals surface area contributed by atoms with E-state index in [0.29, 0.717) is 24.1 Å². The van der Waals surface area contributed by atoms with Crippen LogP contribution in [0, 0.1) is 0 Å². The lowest BCUT2D eigenvalue weighted by Gasteiger charge is -2.23. The lowest BCUT2D eigenvalue weighted by atomic mass is 10.1. The molecule has 0 bridgehead atoms. The highest BCUT2D eigenvalue weighted by molar-refractivity contribution is 6.21. The number of hydrogen-bond acceptors (Lipinski definition) is 4. The van der Waals surface area contributed by atoms with E-state index >= 15 is 0 Å². The van der Waals surface area contributed by atoms with E-state index in [1.807, 2.05) is 0 Å². The van der Waals surface area contributed by atoms with Gasteiger partial charge in [-0.2, -0.15) is 0 Å². The van der Waals surface area contributed by atoms with Crippen molar-refractivity contribution in [1.29, 1.82) is 0 Å². The summed E-state index contributed by atoms with van der Waals surface area (Å²) in [6.45, 7) is 3.79. The molecule has 1 aliphatic heterocycles. The van der Waals surface area contributed by atoms with Gasteiger partial charge in [0.15, 0.2) is 0 Å². The topological polar surface area (TPSA) is 98.7 Å². The van der Waals surface area contributed by atoms with Gasteiger partial charge in [-0.15, -0.1) is 0 Å². The third-order valence-electron chi connectivity index (χ3n) is 3.57. The second kappa shape index (κ2) is 6.78. The van der Waals surface area contributed by atoms with Gasteiger partial charge in [-0.3, -0.25) is 14.5 Å². The Kier molecular flexibility index (Phi) is 5.00. The largest absolute Gasteiger partial charge is 0.394 e. The second-order valence-corrected chi connectivity index (χ2v) is 6.08. The number of rotatable bonds is 6. The Balaban J connectivity index is 1.79. The van der Waals surface area contributed by atoms with Gasteiger partial charge in [-0.05, 0) is 32.4 Å². The summed E-state index contributed by atoms with van der Waals surface area (Å²) in [6.07, 6.45) is 0.457. The molecule has 0 aliphatic carbocycles. The monoisotopic (exact) mass is 319 g/mol. The highest BCUT2D eigenvalue weighted by Gasteiger charge is 2.34. The quantitative estimate of drug-likeness (QED) is 0.532. The van der Waals surface area contributed by atoms with Crippen molar-refractivity contribution < 1.29 is 19.5 Å². The molecule has 3 N–H and O–H groups in total. The lowest BCUT2D eigenvalue weighted by molar-refractivity contribution is 0.0653. The van der Waals surface area contributed by atoms with Crippen LogP contribution in [0.1, 0.15) is 41.0 Å². The van der Waals surface area contributed by atoms with E-state index in [4.69, 9.17) is 5.11 Å². The number of aliphatic hydroxyl groups is 1. The van der Waals surface area contributed by atoms with E-state index in [-0.39, 0.29) is 25.0 Å². The predicted octanol–water partition coefficient (Wildman–Crippen LogP) is 0.743. The standard InChI is InChI=1S/C16H21N3O4/c1-16(2,10-20)18-15(23)17-8-5-9-19-13(21)11-6-3-4-7-12(11)14(19)22/h3-4,6-7,20H,5,8-10H2,1-2H3,(H2,17,18,23). The van der Waals surface area contributed by atoms with Crippen LogP contribution in [-0.4, -0.2) is 53.1 Å². The first kappa shape index (κ1) is 17.0. The molecule has 7 heteroatoms. The number of imide groups is 1. The molecule has 1 aromatic carbocycles. The second-order valence-electron chi connectivity index (χ2n) is 6.08. The van der Waals surface area contributed by atoms with Gasteiger partial charge >= 0.3 is 6.03 Å². The molecule has 124 valence electrons. The number of fused-ring (bicyclic) bond motifs is 1. The summed E-state index contributed by atoms with van der Waals surface area (Å²) in [7, 11) is 0. The fourth-order valence-electron chi connectivity index (χ4n) is 2.27. The maximum atomic E-state index is 12.1. The maximum Gasteiger partial charge on any atom is 0.315 e. The van der Waals surface area contributed by atoms with Gasteiger partial charge in [0.1, 0.15) is 0 Å². The molecule has 0 radical (unpaired) electrons. The Hall–Kier alpha value is -2.41. The van der Waals surface area contributed by atoms with Crippen LogP contribution in [0.4, 0.5) is 4.79 Å². The van der Waals surface area contributed by atoms with Crippen molar-refractivity contribution >= 4 is 17.8 Å². The fourth-order valence-corrected chi connectivity index (χ4v) is 2.27. The number of hydrogen-bond donors (Lipinski definition) is 3. The number of urea groups is 1. The summed E-state index contributed by atoms with van der Waals surface area (Å²) in [5.41, 5.74) is 0.146. The molecule has 4 amide bonds. The van der Waals surface area contributed by atoms with E-state index in [9.17, 15) is 14.4 Å². The molecule has 23 heavy (non-hydrogen) atoms. The summed E-state index contributed by atoms with van der Waals surface area (Å²) in [6, 6.07) is 6.33. The normalized spacial score (nSPS) is 14.0. The van der Waals surface area contributed by atoms with E-state index < -0.39 is 11.6 Å². The molecule has 0 fully saturated rings. The number of aliphatic hydroxyl groups excluding tert-OH is 1. The fraction of sp³-hybridized carbons (Fsp3) is 0.438. The van der Waals surface area contributed by atoms with Gasteiger partial charge in [-0.25, -0.2) is 4.79 Å². The summed E-state index contributed by atoms with van der Waals surface area (Å²) < 4.78 is 0. The van der Waals surface area contributed by atoms with Crippen LogP contribution >= 0.6 is 0 Å². The van der Waals surface area contributed by atoms with Crippen molar-refractivity contribution in [3.05, 3.63) is 35.4 Å². The number of benzene rings is 1. The van der Waals surface area contributed by atoms with Crippen molar-refractivity contribution in [2.45, 2.75) is 25.8 Å². The number of nitrogens with zero attached hydrogens (tertiary/aromatic N) is 1. The molecule has 0 unspecified atom stereocenters. The summed E-state index contributed by atoms with van der Waals surface area (Å²) >= 11 is 0. The number of nitrogens with one attached hydrogen (secondary N) is 2. The van der Waals surface area contributed by atoms with Crippen molar-refractivity contribution in [2.75, 3.05) is 19.7 Å². The zero-order chi connectivity index (χ0) is 17.0. The SMILES string of the molecule is CC(C)(CO)NC(=O)NCCCN1C(=O)c2ccccc2C1=O. The number of carbonyl (C=O) groups excluding carboxylic acids is 3. The maximum absolute atomic E-state index is 12.1. The van der Waals surface area contributed by atoms with Gasteiger partial charge in [0.05, 0.1) is 23.3 Å². The summed E-state index contributed by atoms with van der Waals surface area (Å²) in [5, 5.41) is 14.3. The third-order valence-corrected chi connectivity index (χ3v) is 3.57.